The number of halogens is 1. The standard InChI is InChI=1S/C13H30Si.FH/c1-5-6-7-8-9-10-11-12-13-14(2,3)4;/h5-13H2,1-4H3;1H. The Hall–Kier alpha value is 0.147. The first kappa shape index (κ1) is 17.5. The van der Waals surface area contributed by atoms with E-state index >= 15 is 0 Å². The van der Waals surface area contributed by atoms with Crippen molar-refractivity contribution in [3.05, 3.63) is 0 Å². The molecule has 0 heterocycles. The minimum absolute atomic E-state index is 0. The second-order valence-electron chi connectivity index (χ2n) is 5.79. The minimum atomic E-state index is -0.738. The van der Waals surface area contributed by atoms with E-state index in [0.717, 1.165) is 0 Å². The average molecular weight is 234 g/mol. The van der Waals surface area contributed by atoms with Crippen LogP contribution >= 0.6 is 0 Å². The molecule has 0 atom stereocenters. The van der Waals surface area contributed by atoms with E-state index in [4.69, 9.17) is 0 Å². The zero-order chi connectivity index (χ0) is 10.9. The fraction of sp³-hybridized carbons (Fsp3) is 1.00. The van der Waals surface area contributed by atoms with Crippen molar-refractivity contribution < 1.29 is 4.70 Å². The lowest BCUT2D eigenvalue weighted by molar-refractivity contribution is 0.584. The SMILES string of the molecule is CCCCCCCCCC[Si](C)(C)C.F. The summed E-state index contributed by atoms with van der Waals surface area (Å²) in [6.45, 7) is 9.73. The summed E-state index contributed by atoms with van der Waals surface area (Å²) in [5.41, 5.74) is 0. The van der Waals surface area contributed by atoms with Crippen LogP contribution in [0.4, 0.5) is 4.70 Å². The van der Waals surface area contributed by atoms with Crippen molar-refractivity contribution in [1.82, 2.24) is 0 Å². The first-order valence-electron chi connectivity index (χ1n) is 6.56. The van der Waals surface area contributed by atoms with Crippen LogP contribution in [0, 0.1) is 0 Å². The molecule has 0 bridgehead atoms. The van der Waals surface area contributed by atoms with E-state index in [0.29, 0.717) is 0 Å². The summed E-state index contributed by atoms with van der Waals surface area (Å²) in [4.78, 5) is 0. The third-order valence-electron chi connectivity index (χ3n) is 2.78. The molecule has 0 nitrogen and oxygen atoms in total. The lowest BCUT2D eigenvalue weighted by Gasteiger charge is -2.14. The van der Waals surface area contributed by atoms with Gasteiger partial charge in [-0.1, -0.05) is 84.0 Å². The van der Waals surface area contributed by atoms with Crippen molar-refractivity contribution >= 4 is 8.07 Å². The Labute approximate surface area is 97.2 Å². The van der Waals surface area contributed by atoms with Crippen LogP contribution in [0.3, 0.4) is 0 Å². The van der Waals surface area contributed by atoms with Gasteiger partial charge in [0.05, 0.1) is 0 Å². The molecule has 0 N–H and O–H groups in total. The molecule has 0 aromatic heterocycles. The van der Waals surface area contributed by atoms with Gasteiger partial charge in [-0.05, 0) is 0 Å². The molecule has 0 amide bonds. The second kappa shape index (κ2) is 10.7. The quantitative estimate of drug-likeness (QED) is 0.359. The van der Waals surface area contributed by atoms with Crippen LogP contribution in [-0.2, 0) is 0 Å². The summed E-state index contributed by atoms with van der Waals surface area (Å²) in [5, 5.41) is 0. The van der Waals surface area contributed by atoms with Gasteiger partial charge in [-0.2, -0.15) is 0 Å². The molecule has 0 fully saturated rings. The van der Waals surface area contributed by atoms with E-state index in [1.54, 1.807) is 0 Å². The molecular formula is C13H31FSi. The predicted molar refractivity (Wildman–Crippen MR) is 73.3 cm³/mol. The van der Waals surface area contributed by atoms with Gasteiger partial charge in [-0.25, -0.2) is 0 Å². The summed E-state index contributed by atoms with van der Waals surface area (Å²) in [7, 11) is -0.738. The monoisotopic (exact) mass is 234 g/mol. The lowest BCUT2D eigenvalue weighted by Crippen LogP contribution is -2.18. The molecule has 0 aromatic rings. The molecular weight excluding hydrogens is 203 g/mol. The van der Waals surface area contributed by atoms with Crippen molar-refractivity contribution in [3.8, 4) is 0 Å². The van der Waals surface area contributed by atoms with Gasteiger partial charge >= 0.3 is 0 Å². The number of unbranched alkanes of at least 4 members (excludes halogenated alkanes) is 7. The topological polar surface area (TPSA) is 0 Å². The van der Waals surface area contributed by atoms with Gasteiger partial charge in [0, 0.05) is 8.07 Å². The lowest BCUT2D eigenvalue weighted by atomic mass is 10.1. The van der Waals surface area contributed by atoms with Gasteiger partial charge < -0.3 is 0 Å². The number of rotatable bonds is 9. The third-order valence-corrected chi connectivity index (χ3v) is 4.63. The average Bonchev–Trinajstić information content (AvgIpc) is 2.08. The number of hydrogen-bond donors (Lipinski definition) is 0. The zero-order valence-corrected chi connectivity index (χ0v) is 12.3. The summed E-state index contributed by atoms with van der Waals surface area (Å²) >= 11 is 0. The third kappa shape index (κ3) is 16.8. The van der Waals surface area contributed by atoms with Gasteiger partial charge in [0.2, 0.25) is 0 Å². The van der Waals surface area contributed by atoms with E-state index < -0.39 is 8.07 Å². The van der Waals surface area contributed by atoms with E-state index in [9.17, 15) is 0 Å². The highest BCUT2D eigenvalue weighted by atomic mass is 28.3. The van der Waals surface area contributed by atoms with Crippen LogP contribution in [0.25, 0.3) is 0 Å². The van der Waals surface area contributed by atoms with Crippen LogP contribution in [-0.4, -0.2) is 8.07 Å². The zero-order valence-electron chi connectivity index (χ0n) is 11.3. The molecule has 0 unspecified atom stereocenters. The highest BCUT2D eigenvalue weighted by molar-refractivity contribution is 6.76. The molecule has 2 heteroatoms. The normalized spacial score (nSPS) is 11.2. The fourth-order valence-corrected chi connectivity index (χ4v) is 3.10. The Bertz CT molecular complexity index is 118. The van der Waals surface area contributed by atoms with E-state index in [2.05, 4.69) is 26.6 Å². The summed E-state index contributed by atoms with van der Waals surface area (Å²) in [5.74, 6) is 0. The van der Waals surface area contributed by atoms with Crippen LogP contribution in [0.5, 0.6) is 0 Å². The second-order valence-corrected chi connectivity index (χ2v) is 11.4. The Morgan fingerprint density at radius 1 is 0.667 bits per heavy atom. The first-order valence-corrected chi connectivity index (χ1v) is 10.3. The van der Waals surface area contributed by atoms with Gasteiger partial charge in [0.25, 0.3) is 0 Å². The van der Waals surface area contributed by atoms with Gasteiger partial charge in [0.1, 0.15) is 0 Å². The van der Waals surface area contributed by atoms with Crippen LogP contribution in [0.15, 0.2) is 0 Å². The van der Waals surface area contributed by atoms with Crippen molar-refractivity contribution in [3.63, 3.8) is 0 Å². The predicted octanol–water partition coefficient (Wildman–Crippen LogP) is 5.62. The molecule has 94 valence electrons. The molecule has 15 heavy (non-hydrogen) atoms. The van der Waals surface area contributed by atoms with Crippen molar-refractivity contribution in [1.29, 1.82) is 0 Å². The van der Waals surface area contributed by atoms with Gasteiger partial charge in [-0.15, -0.1) is 0 Å². The van der Waals surface area contributed by atoms with Crippen LogP contribution in [0.1, 0.15) is 58.3 Å². The van der Waals surface area contributed by atoms with Crippen molar-refractivity contribution in [2.75, 3.05) is 0 Å². The Morgan fingerprint density at radius 2 is 1.07 bits per heavy atom. The smallest absolute Gasteiger partial charge is 0.0442 e. The maximum atomic E-state index is 2.48. The molecule has 0 aromatic carbocycles. The van der Waals surface area contributed by atoms with Crippen LogP contribution < -0.4 is 0 Å². The molecule has 0 aliphatic carbocycles. The molecule has 0 rings (SSSR count). The summed E-state index contributed by atoms with van der Waals surface area (Å²) in [6, 6.07) is 1.53. The minimum Gasteiger partial charge on any atom is -0.269 e. The Kier molecular flexibility index (Phi) is 12.5. The fourth-order valence-electron chi connectivity index (χ4n) is 1.79. The maximum Gasteiger partial charge on any atom is 0.0442 e. The largest absolute Gasteiger partial charge is 0.269 e. The highest BCUT2D eigenvalue weighted by Gasteiger charge is 2.11. The highest BCUT2D eigenvalue weighted by Crippen LogP contribution is 2.15. The van der Waals surface area contributed by atoms with Crippen molar-refractivity contribution in [2.45, 2.75) is 84.0 Å². The van der Waals surface area contributed by atoms with Crippen molar-refractivity contribution in [2.24, 2.45) is 0 Å². The maximum absolute atomic E-state index is 2.48. The molecule has 0 aliphatic rings. The van der Waals surface area contributed by atoms with Gasteiger partial charge in [-0.3, -0.25) is 4.70 Å². The van der Waals surface area contributed by atoms with E-state index in [-0.39, 0.29) is 4.70 Å². The molecule has 0 aliphatic heterocycles. The van der Waals surface area contributed by atoms with Gasteiger partial charge in [0.15, 0.2) is 0 Å². The summed E-state index contributed by atoms with van der Waals surface area (Å²) < 4.78 is 0. The molecule has 0 saturated heterocycles. The number of hydrogen-bond acceptors (Lipinski definition) is 0. The Morgan fingerprint density at radius 3 is 1.47 bits per heavy atom. The van der Waals surface area contributed by atoms with Crippen LogP contribution in [0.2, 0.25) is 25.7 Å². The molecule has 0 saturated carbocycles. The molecule has 0 spiro atoms. The summed E-state index contributed by atoms with van der Waals surface area (Å²) in [6.07, 6.45) is 11.7. The Balaban J connectivity index is 0. The first-order chi connectivity index (χ1) is 6.56. The van der Waals surface area contributed by atoms with E-state index in [1.165, 1.54) is 57.4 Å². The molecule has 0 radical (unpaired) electrons. The van der Waals surface area contributed by atoms with E-state index in [1.807, 2.05) is 0 Å².